The molecule has 6 nitrogen and oxygen atoms in total. The number of hydrogen-bond acceptors (Lipinski definition) is 6. The van der Waals surface area contributed by atoms with Crippen LogP contribution in [0, 0.1) is 6.92 Å². The van der Waals surface area contributed by atoms with Crippen molar-refractivity contribution in [3.05, 3.63) is 47.8 Å². The Balaban J connectivity index is 1.93. The molecule has 1 aromatic heterocycles. The van der Waals surface area contributed by atoms with Gasteiger partial charge in [0.2, 0.25) is 0 Å². The van der Waals surface area contributed by atoms with Crippen molar-refractivity contribution in [2.24, 2.45) is 10.7 Å². The topological polar surface area (TPSA) is 102 Å². The van der Waals surface area contributed by atoms with E-state index in [0.717, 1.165) is 38.8 Å². The first-order valence-corrected chi connectivity index (χ1v) is 7.71. The highest BCUT2D eigenvalue weighted by Crippen LogP contribution is 2.34. The molecule has 0 amide bonds. The molecule has 0 aliphatic carbocycles. The fourth-order valence-electron chi connectivity index (χ4n) is 3.06. The first-order valence-electron chi connectivity index (χ1n) is 7.71. The second-order valence-electron chi connectivity index (χ2n) is 6.25. The summed E-state index contributed by atoms with van der Waals surface area (Å²) in [6.45, 7) is 3.89. The van der Waals surface area contributed by atoms with Crippen LogP contribution in [-0.4, -0.2) is 22.0 Å². The fraction of sp³-hybridized carbons (Fsp3) is 0.167. The molecule has 5 N–H and O–H groups in total. The second-order valence-corrected chi connectivity index (χ2v) is 6.25. The fourth-order valence-corrected chi connectivity index (χ4v) is 3.06. The molecule has 2 heterocycles. The van der Waals surface area contributed by atoms with E-state index in [1.165, 1.54) is 6.33 Å². The zero-order valence-electron chi connectivity index (χ0n) is 13.5. The van der Waals surface area contributed by atoms with Crippen LogP contribution in [0.1, 0.15) is 18.1 Å². The average molecular weight is 318 g/mol. The van der Waals surface area contributed by atoms with E-state index in [4.69, 9.17) is 11.5 Å². The van der Waals surface area contributed by atoms with Crippen molar-refractivity contribution >= 4 is 28.6 Å². The van der Waals surface area contributed by atoms with Crippen LogP contribution in [0.15, 0.2) is 41.7 Å². The highest BCUT2D eigenvalue weighted by Gasteiger charge is 2.21. The van der Waals surface area contributed by atoms with E-state index in [2.05, 4.69) is 39.3 Å². The Bertz CT molecular complexity index is 990. The summed E-state index contributed by atoms with van der Waals surface area (Å²) in [6.07, 6.45) is 3.31. The lowest BCUT2D eigenvalue weighted by Crippen LogP contribution is -2.44. The maximum Gasteiger partial charge on any atom is 0.179 e. The van der Waals surface area contributed by atoms with Gasteiger partial charge in [-0.2, -0.15) is 0 Å². The number of aromatic nitrogens is 2. The monoisotopic (exact) mass is 318 g/mol. The summed E-state index contributed by atoms with van der Waals surface area (Å²) in [4.78, 5) is 12.9. The molecule has 1 unspecified atom stereocenters. The van der Waals surface area contributed by atoms with Crippen LogP contribution < -0.4 is 16.8 Å². The minimum absolute atomic E-state index is 0.487. The van der Waals surface area contributed by atoms with E-state index >= 15 is 0 Å². The van der Waals surface area contributed by atoms with Gasteiger partial charge in [-0.3, -0.25) is 10.7 Å². The van der Waals surface area contributed by atoms with Gasteiger partial charge < -0.3 is 11.1 Å². The van der Waals surface area contributed by atoms with E-state index in [1.807, 2.05) is 25.1 Å². The van der Waals surface area contributed by atoms with Crippen LogP contribution in [0.2, 0.25) is 0 Å². The summed E-state index contributed by atoms with van der Waals surface area (Å²) >= 11 is 0. The predicted molar refractivity (Wildman–Crippen MR) is 97.9 cm³/mol. The van der Waals surface area contributed by atoms with Gasteiger partial charge in [0.25, 0.3) is 0 Å². The van der Waals surface area contributed by atoms with E-state index in [0.29, 0.717) is 5.82 Å². The Morgan fingerprint density at radius 1 is 1.12 bits per heavy atom. The lowest BCUT2D eigenvalue weighted by Gasteiger charge is -2.28. The van der Waals surface area contributed by atoms with Crippen molar-refractivity contribution in [2.45, 2.75) is 19.6 Å². The van der Waals surface area contributed by atoms with Gasteiger partial charge in [0.15, 0.2) is 5.79 Å². The van der Waals surface area contributed by atoms with Gasteiger partial charge in [0.1, 0.15) is 12.1 Å². The van der Waals surface area contributed by atoms with E-state index in [1.54, 1.807) is 6.21 Å². The number of aliphatic imine (C=N–C) groups is 1. The summed E-state index contributed by atoms with van der Waals surface area (Å²) in [5, 5.41) is 4.07. The average Bonchev–Trinajstić information content (AvgIpc) is 2.54. The van der Waals surface area contributed by atoms with Gasteiger partial charge in [-0.15, -0.1) is 0 Å². The van der Waals surface area contributed by atoms with Crippen molar-refractivity contribution in [2.75, 3.05) is 11.1 Å². The SMILES string of the molecule is Cc1ccc2c(N)ncnc2c1-c1ccc2c(c1)C=NC(C)(N)N2. The number of aryl methyl sites for hydroxylation is 1. The molecule has 0 saturated heterocycles. The number of nitrogens with two attached hydrogens (primary N) is 2. The predicted octanol–water partition coefficient (Wildman–Crippen LogP) is 2.66. The molecule has 1 aliphatic heterocycles. The quantitative estimate of drug-likeness (QED) is 0.640. The molecule has 0 fully saturated rings. The zero-order valence-corrected chi connectivity index (χ0v) is 13.5. The summed E-state index contributed by atoms with van der Waals surface area (Å²) in [5.41, 5.74) is 18.1. The number of rotatable bonds is 1. The molecule has 24 heavy (non-hydrogen) atoms. The Morgan fingerprint density at radius 3 is 2.79 bits per heavy atom. The third kappa shape index (κ3) is 2.28. The minimum Gasteiger partial charge on any atom is -0.383 e. The van der Waals surface area contributed by atoms with Gasteiger partial charge in [-0.05, 0) is 43.2 Å². The highest BCUT2D eigenvalue weighted by atomic mass is 15.3. The summed E-state index contributed by atoms with van der Waals surface area (Å²) < 4.78 is 0. The van der Waals surface area contributed by atoms with Crippen molar-refractivity contribution in [3.63, 3.8) is 0 Å². The van der Waals surface area contributed by atoms with Crippen molar-refractivity contribution in [1.29, 1.82) is 0 Å². The van der Waals surface area contributed by atoms with E-state index in [9.17, 15) is 0 Å². The summed E-state index contributed by atoms with van der Waals surface area (Å²) in [5.74, 6) is -0.285. The Morgan fingerprint density at radius 2 is 1.96 bits per heavy atom. The normalized spacial score (nSPS) is 19.1. The van der Waals surface area contributed by atoms with Crippen LogP contribution in [0.25, 0.3) is 22.0 Å². The molecule has 0 saturated carbocycles. The first-order chi connectivity index (χ1) is 11.4. The van der Waals surface area contributed by atoms with Gasteiger partial charge in [0.05, 0.1) is 5.52 Å². The molecule has 0 radical (unpaired) electrons. The van der Waals surface area contributed by atoms with Crippen LogP contribution in [-0.2, 0) is 0 Å². The maximum absolute atomic E-state index is 6.02. The molecule has 1 atom stereocenters. The molecule has 4 rings (SSSR count). The molecule has 0 bridgehead atoms. The van der Waals surface area contributed by atoms with Crippen LogP contribution >= 0.6 is 0 Å². The van der Waals surface area contributed by atoms with E-state index in [-0.39, 0.29) is 0 Å². The number of nitrogen functional groups attached to an aromatic ring is 1. The van der Waals surface area contributed by atoms with Crippen molar-refractivity contribution in [1.82, 2.24) is 9.97 Å². The van der Waals surface area contributed by atoms with Gasteiger partial charge in [0, 0.05) is 28.4 Å². The molecule has 3 aromatic rings. The Kier molecular flexibility index (Phi) is 3.04. The first kappa shape index (κ1) is 14.6. The highest BCUT2D eigenvalue weighted by molar-refractivity contribution is 6.01. The molecule has 0 spiro atoms. The molecule has 2 aromatic carbocycles. The minimum atomic E-state index is -0.772. The largest absolute Gasteiger partial charge is 0.383 e. The number of fused-ring (bicyclic) bond motifs is 2. The molecule has 6 heteroatoms. The van der Waals surface area contributed by atoms with Crippen molar-refractivity contribution < 1.29 is 0 Å². The smallest absolute Gasteiger partial charge is 0.179 e. The molecule has 120 valence electrons. The van der Waals surface area contributed by atoms with Crippen LogP contribution in [0.4, 0.5) is 11.5 Å². The Labute approximate surface area is 139 Å². The number of hydrogen-bond donors (Lipinski definition) is 3. The third-order valence-corrected chi connectivity index (χ3v) is 4.25. The standard InChI is InChI=1S/C18H18N6/c1-10-3-5-13-16(21-9-22-17(13)19)15(10)11-4-6-14-12(7-11)8-23-18(2,20)24-14/h3-9,24H,20H2,1-2H3,(H2,19,21,22). The van der Waals surface area contributed by atoms with Crippen LogP contribution in [0.5, 0.6) is 0 Å². The van der Waals surface area contributed by atoms with Gasteiger partial charge in [-0.25, -0.2) is 9.97 Å². The maximum atomic E-state index is 6.02. The lowest BCUT2D eigenvalue weighted by atomic mass is 9.95. The summed E-state index contributed by atoms with van der Waals surface area (Å²) in [7, 11) is 0. The van der Waals surface area contributed by atoms with Crippen LogP contribution in [0.3, 0.4) is 0 Å². The number of nitrogens with zero attached hydrogens (tertiary/aromatic N) is 3. The molecular formula is C18H18N6. The second kappa shape index (κ2) is 5.01. The van der Waals surface area contributed by atoms with Gasteiger partial charge in [-0.1, -0.05) is 12.1 Å². The lowest BCUT2D eigenvalue weighted by molar-refractivity contribution is 0.566. The number of anilines is 2. The number of nitrogens with one attached hydrogen (secondary N) is 1. The Hall–Kier alpha value is -2.99. The number of benzene rings is 2. The summed E-state index contributed by atoms with van der Waals surface area (Å²) in [6, 6.07) is 10.2. The zero-order chi connectivity index (χ0) is 16.9. The van der Waals surface area contributed by atoms with Gasteiger partial charge >= 0.3 is 0 Å². The van der Waals surface area contributed by atoms with Crippen molar-refractivity contribution in [3.8, 4) is 11.1 Å². The molecular weight excluding hydrogens is 300 g/mol. The van der Waals surface area contributed by atoms with E-state index < -0.39 is 5.79 Å². The molecule has 1 aliphatic rings. The third-order valence-electron chi connectivity index (χ3n) is 4.25.